The molecule has 24 heavy (non-hydrogen) atoms. The normalized spacial score (nSPS) is 12.6. The minimum absolute atomic E-state index is 0.130. The first-order chi connectivity index (χ1) is 11.3. The van der Waals surface area contributed by atoms with E-state index in [9.17, 15) is 13.2 Å². The van der Waals surface area contributed by atoms with Crippen molar-refractivity contribution in [1.82, 2.24) is 4.72 Å². The molecule has 128 valence electrons. The van der Waals surface area contributed by atoms with Crippen molar-refractivity contribution in [1.29, 1.82) is 0 Å². The van der Waals surface area contributed by atoms with Gasteiger partial charge in [0, 0.05) is 20.9 Å². The number of benzene rings is 2. The molecule has 0 spiro atoms. The lowest BCUT2D eigenvalue weighted by Gasteiger charge is -2.12. The average Bonchev–Trinajstić information content (AvgIpc) is 2.54. The Morgan fingerprint density at radius 2 is 1.83 bits per heavy atom. The minimum Gasteiger partial charge on any atom is -0.322 e. The third kappa shape index (κ3) is 5.02. The number of rotatable bonds is 6. The summed E-state index contributed by atoms with van der Waals surface area (Å²) in [6.07, 6.45) is 0.712. The Labute approximate surface area is 156 Å². The van der Waals surface area contributed by atoms with Gasteiger partial charge in [-0.1, -0.05) is 13.0 Å². The molecule has 0 aromatic heterocycles. The summed E-state index contributed by atoms with van der Waals surface area (Å²) in [4.78, 5) is 12.4. The second kappa shape index (κ2) is 8.09. The zero-order valence-electron chi connectivity index (χ0n) is 13.4. The van der Waals surface area contributed by atoms with Gasteiger partial charge in [-0.3, -0.25) is 4.79 Å². The van der Waals surface area contributed by atoms with Crippen LogP contribution in [0.1, 0.15) is 30.6 Å². The van der Waals surface area contributed by atoms with Crippen molar-refractivity contribution in [2.24, 2.45) is 0 Å². The standard InChI is InChI=1S/C17H19IN2O3S/c1-3-12(2)20-24(22,23)16-9-7-15(8-10-16)19-17(21)13-5-4-6-14(18)11-13/h4-12,20H,3H2,1-2H3,(H,19,21). The summed E-state index contributed by atoms with van der Waals surface area (Å²) in [5, 5.41) is 2.76. The van der Waals surface area contributed by atoms with E-state index in [1.165, 1.54) is 12.1 Å². The lowest BCUT2D eigenvalue weighted by molar-refractivity contribution is 0.102. The molecule has 0 heterocycles. The van der Waals surface area contributed by atoms with E-state index in [1.54, 1.807) is 24.3 Å². The summed E-state index contributed by atoms with van der Waals surface area (Å²) in [5.41, 5.74) is 1.10. The van der Waals surface area contributed by atoms with Crippen molar-refractivity contribution in [3.05, 3.63) is 57.7 Å². The van der Waals surface area contributed by atoms with Crippen LogP contribution in [0.5, 0.6) is 0 Å². The van der Waals surface area contributed by atoms with E-state index in [0.29, 0.717) is 17.7 Å². The number of anilines is 1. The van der Waals surface area contributed by atoms with Crippen LogP contribution < -0.4 is 10.0 Å². The fourth-order valence-electron chi connectivity index (χ4n) is 1.97. The largest absolute Gasteiger partial charge is 0.322 e. The molecule has 1 atom stereocenters. The van der Waals surface area contributed by atoms with Crippen molar-refractivity contribution in [2.45, 2.75) is 31.2 Å². The number of carbonyl (C=O) groups is 1. The Bertz CT molecular complexity index is 820. The summed E-state index contributed by atoms with van der Waals surface area (Å²) in [6.45, 7) is 3.73. The number of sulfonamides is 1. The van der Waals surface area contributed by atoms with E-state index in [0.717, 1.165) is 3.57 Å². The van der Waals surface area contributed by atoms with Crippen LogP contribution in [0.4, 0.5) is 5.69 Å². The van der Waals surface area contributed by atoms with E-state index < -0.39 is 10.0 Å². The molecule has 2 aromatic rings. The van der Waals surface area contributed by atoms with E-state index >= 15 is 0 Å². The summed E-state index contributed by atoms with van der Waals surface area (Å²) >= 11 is 2.14. The van der Waals surface area contributed by atoms with Crippen molar-refractivity contribution >= 4 is 44.2 Å². The lowest BCUT2D eigenvalue weighted by Crippen LogP contribution is -2.31. The zero-order valence-corrected chi connectivity index (χ0v) is 16.4. The Kier molecular flexibility index (Phi) is 6.36. The molecule has 0 saturated carbocycles. The van der Waals surface area contributed by atoms with Crippen LogP contribution in [0.2, 0.25) is 0 Å². The summed E-state index contributed by atoms with van der Waals surface area (Å²) in [5.74, 6) is -0.234. The van der Waals surface area contributed by atoms with Gasteiger partial charge in [0.25, 0.3) is 5.91 Å². The number of carbonyl (C=O) groups excluding carboxylic acids is 1. The molecule has 0 aliphatic rings. The molecule has 2 rings (SSSR count). The number of hydrogen-bond donors (Lipinski definition) is 2. The number of nitrogens with one attached hydrogen (secondary N) is 2. The van der Waals surface area contributed by atoms with Gasteiger partial charge in [-0.15, -0.1) is 0 Å². The molecule has 0 saturated heterocycles. The second-order valence-corrected chi connectivity index (χ2v) is 8.38. The van der Waals surface area contributed by atoms with E-state index in [4.69, 9.17) is 0 Å². The van der Waals surface area contributed by atoms with Gasteiger partial charge in [-0.05, 0) is 78.4 Å². The van der Waals surface area contributed by atoms with Crippen LogP contribution >= 0.6 is 22.6 Å². The van der Waals surface area contributed by atoms with Gasteiger partial charge in [-0.25, -0.2) is 13.1 Å². The Hall–Kier alpha value is -1.45. The highest BCUT2D eigenvalue weighted by molar-refractivity contribution is 14.1. The smallest absolute Gasteiger partial charge is 0.255 e. The molecular weight excluding hydrogens is 439 g/mol. The summed E-state index contributed by atoms with van der Waals surface area (Å²) < 4.78 is 28.0. The molecule has 2 N–H and O–H groups in total. The van der Waals surface area contributed by atoms with Crippen LogP contribution in [0.25, 0.3) is 0 Å². The summed E-state index contributed by atoms with van der Waals surface area (Å²) in [7, 11) is -3.54. The second-order valence-electron chi connectivity index (χ2n) is 5.42. The van der Waals surface area contributed by atoms with Crippen molar-refractivity contribution in [2.75, 3.05) is 5.32 Å². The van der Waals surface area contributed by atoms with Crippen LogP contribution in [0.3, 0.4) is 0 Å². The quantitative estimate of drug-likeness (QED) is 0.650. The number of halogens is 1. The fourth-order valence-corrected chi connectivity index (χ4v) is 3.84. The summed E-state index contributed by atoms with van der Waals surface area (Å²) in [6, 6.07) is 13.2. The molecule has 0 bridgehead atoms. The highest BCUT2D eigenvalue weighted by Crippen LogP contribution is 2.16. The first-order valence-corrected chi connectivity index (χ1v) is 10.1. The maximum Gasteiger partial charge on any atom is 0.255 e. The monoisotopic (exact) mass is 458 g/mol. The first kappa shape index (κ1) is 18.9. The van der Waals surface area contributed by atoms with Gasteiger partial charge in [0.15, 0.2) is 0 Å². The molecule has 0 fully saturated rings. The van der Waals surface area contributed by atoms with Crippen molar-refractivity contribution in [3.8, 4) is 0 Å². The lowest BCUT2D eigenvalue weighted by atomic mass is 10.2. The molecule has 0 aliphatic heterocycles. The van der Waals surface area contributed by atoms with E-state index in [2.05, 4.69) is 32.6 Å². The molecule has 2 aromatic carbocycles. The van der Waals surface area contributed by atoms with Crippen LogP contribution in [-0.2, 0) is 10.0 Å². The third-order valence-electron chi connectivity index (χ3n) is 3.48. The van der Waals surface area contributed by atoms with Gasteiger partial charge < -0.3 is 5.32 Å². The predicted octanol–water partition coefficient (Wildman–Crippen LogP) is 3.62. The third-order valence-corrected chi connectivity index (χ3v) is 5.75. The molecule has 0 radical (unpaired) electrons. The maximum atomic E-state index is 12.2. The molecule has 1 unspecified atom stereocenters. The Balaban J connectivity index is 2.11. The topological polar surface area (TPSA) is 75.3 Å². The van der Waals surface area contributed by atoms with Crippen LogP contribution in [0, 0.1) is 3.57 Å². The van der Waals surface area contributed by atoms with Crippen molar-refractivity contribution in [3.63, 3.8) is 0 Å². The van der Waals surface area contributed by atoms with Crippen molar-refractivity contribution < 1.29 is 13.2 Å². The average molecular weight is 458 g/mol. The Morgan fingerprint density at radius 3 is 2.42 bits per heavy atom. The van der Waals surface area contributed by atoms with Gasteiger partial charge in [-0.2, -0.15) is 0 Å². The van der Waals surface area contributed by atoms with Gasteiger partial charge in [0.05, 0.1) is 4.90 Å². The van der Waals surface area contributed by atoms with Gasteiger partial charge in [0.2, 0.25) is 10.0 Å². The maximum absolute atomic E-state index is 12.2. The van der Waals surface area contributed by atoms with Crippen LogP contribution in [-0.4, -0.2) is 20.4 Å². The first-order valence-electron chi connectivity index (χ1n) is 7.51. The molecule has 5 nitrogen and oxygen atoms in total. The SMILES string of the molecule is CCC(C)NS(=O)(=O)c1ccc(NC(=O)c2cccc(I)c2)cc1. The fraction of sp³-hybridized carbons (Fsp3) is 0.235. The number of amides is 1. The highest BCUT2D eigenvalue weighted by Gasteiger charge is 2.16. The molecule has 0 aliphatic carbocycles. The van der Waals surface area contributed by atoms with E-state index in [1.807, 2.05) is 26.0 Å². The zero-order chi connectivity index (χ0) is 17.7. The molecule has 7 heteroatoms. The van der Waals surface area contributed by atoms with Crippen LogP contribution in [0.15, 0.2) is 53.4 Å². The van der Waals surface area contributed by atoms with Gasteiger partial charge >= 0.3 is 0 Å². The van der Waals surface area contributed by atoms with Gasteiger partial charge in [0.1, 0.15) is 0 Å². The Morgan fingerprint density at radius 1 is 1.17 bits per heavy atom. The minimum atomic E-state index is -3.54. The number of hydrogen-bond acceptors (Lipinski definition) is 3. The predicted molar refractivity (Wildman–Crippen MR) is 104 cm³/mol. The molecular formula is C17H19IN2O3S. The molecule has 1 amide bonds. The highest BCUT2D eigenvalue weighted by atomic mass is 127. The van der Waals surface area contributed by atoms with E-state index in [-0.39, 0.29) is 16.8 Å².